The molecule has 0 aliphatic carbocycles. The van der Waals surface area contributed by atoms with E-state index in [9.17, 15) is 24.5 Å². The van der Waals surface area contributed by atoms with Crippen LogP contribution in [0.25, 0.3) is 0 Å². The lowest BCUT2D eigenvalue weighted by Crippen LogP contribution is -2.83. The number of carbonyl (C=O) groups is 3. The van der Waals surface area contributed by atoms with Crippen molar-refractivity contribution in [1.29, 1.82) is 0 Å². The zero-order valence-corrected chi connectivity index (χ0v) is 19.0. The highest BCUT2D eigenvalue weighted by Crippen LogP contribution is 2.39. The number of methoxy groups -OCH3 is 1. The van der Waals surface area contributed by atoms with Crippen molar-refractivity contribution in [3.63, 3.8) is 0 Å². The Bertz CT molecular complexity index is 881. The number of carbonyl (C=O) groups excluding carboxylic acids is 3. The first-order valence-corrected chi connectivity index (χ1v) is 11.0. The summed E-state index contributed by atoms with van der Waals surface area (Å²) in [5.74, 6) is -1.44. The molecule has 2 heterocycles. The van der Waals surface area contributed by atoms with Gasteiger partial charge in [-0.25, -0.2) is 4.79 Å². The van der Waals surface area contributed by atoms with Gasteiger partial charge in [-0.3, -0.25) is 34.8 Å². The van der Waals surface area contributed by atoms with Crippen LogP contribution in [0.2, 0.25) is 0 Å². The highest BCUT2D eigenvalue weighted by Gasteiger charge is 2.65. The van der Waals surface area contributed by atoms with Crippen molar-refractivity contribution in [2.45, 2.75) is 12.0 Å². The van der Waals surface area contributed by atoms with Crippen LogP contribution in [0.5, 0.6) is 0 Å². The number of ether oxygens (including phenoxy) is 3. The molecule has 34 heavy (non-hydrogen) atoms. The molecule has 2 aliphatic rings. The van der Waals surface area contributed by atoms with E-state index in [1.165, 1.54) is 12.1 Å². The number of quaternary nitrogens is 1. The number of nitro groups is 1. The molecule has 3 rings (SSSR count). The van der Waals surface area contributed by atoms with Crippen LogP contribution in [0.3, 0.4) is 0 Å². The Morgan fingerprint density at radius 1 is 0.941 bits per heavy atom. The summed E-state index contributed by atoms with van der Waals surface area (Å²) in [5, 5.41) is 18.9. The first-order chi connectivity index (χ1) is 16.4. The van der Waals surface area contributed by atoms with Crippen LogP contribution < -0.4 is 20.4 Å². The topological polar surface area (TPSA) is 158 Å². The van der Waals surface area contributed by atoms with Gasteiger partial charge in [-0.15, -0.1) is 0 Å². The van der Waals surface area contributed by atoms with Crippen LogP contribution in [0.4, 0.5) is 16.2 Å². The first-order valence-electron chi connectivity index (χ1n) is 11.0. The lowest BCUT2D eigenvalue weighted by Gasteiger charge is -2.53. The third-order valence-corrected chi connectivity index (χ3v) is 6.24. The summed E-state index contributed by atoms with van der Waals surface area (Å²) in [7, 11) is 1.57. The van der Waals surface area contributed by atoms with Gasteiger partial charge in [0.25, 0.3) is 23.0 Å². The van der Waals surface area contributed by atoms with E-state index in [2.05, 4.69) is 16.0 Å². The number of nitro benzene ring substituents is 1. The summed E-state index contributed by atoms with van der Waals surface area (Å²) >= 11 is 0. The van der Waals surface area contributed by atoms with Gasteiger partial charge in [-0.05, 0) is 0 Å². The largest absolute Gasteiger partial charge is 0.382 e. The molecular formula is C21H30N5O8+. The monoisotopic (exact) mass is 480 g/mol. The summed E-state index contributed by atoms with van der Waals surface area (Å²) in [6.45, 7) is 3.22. The molecule has 1 aromatic carbocycles. The molecule has 0 spiro atoms. The molecule has 2 aliphatic heterocycles. The molecule has 0 atom stereocenters. The average molecular weight is 480 g/mol. The van der Waals surface area contributed by atoms with Gasteiger partial charge in [0.2, 0.25) is 0 Å². The third kappa shape index (κ3) is 5.08. The van der Waals surface area contributed by atoms with Crippen LogP contribution in [-0.4, -0.2) is 94.6 Å². The molecule has 0 unspecified atom stereocenters. The quantitative estimate of drug-likeness (QED) is 0.120. The van der Waals surface area contributed by atoms with Crippen molar-refractivity contribution in [1.82, 2.24) is 20.4 Å². The number of nitrogens with zero attached hydrogens (tertiary/aromatic N) is 2. The van der Waals surface area contributed by atoms with Crippen LogP contribution in [0, 0.1) is 10.1 Å². The maximum absolute atomic E-state index is 13.4. The molecule has 13 heteroatoms. The van der Waals surface area contributed by atoms with Crippen LogP contribution >= 0.6 is 0 Å². The summed E-state index contributed by atoms with van der Waals surface area (Å²) in [6, 6.07) is 4.94. The summed E-state index contributed by atoms with van der Waals surface area (Å²) < 4.78 is 15.8. The van der Waals surface area contributed by atoms with E-state index in [1.807, 2.05) is 0 Å². The van der Waals surface area contributed by atoms with Crippen LogP contribution in [0.15, 0.2) is 24.3 Å². The number of piperazine rings is 1. The van der Waals surface area contributed by atoms with E-state index in [1.54, 1.807) is 19.2 Å². The van der Waals surface area contributed by atoms with Gasteiger partial charge in [0, 0.05) is 50.9 Å². The minimum atomic E-state index is -1.71. The Morgan fingerprint density at radius 3 is 2.06 bits per heavy atom. The second-order valence-electron chi connectivity index (χ2n) is 8.00. The summed E-state index contributed by atoms with van der Waals surface area (Å²) in [5.41, 5.74) is -1.24. The molecule has 0 aromatic heterocycles. The number of urea groups is 1. The van der Waals surface area contributed by atoms with E-state index in [-0.39, 0.29) is 29.8 Å². The van der Waals surface area contributed by atoms with Crippen molar-refractivity contribution in [3.8, 4) is 0 Å². The number of hydrogen-bond acceptors (Lipinski definition) is 9. The molecule has 2 fully saturated rings. The van der Waals surface area contributed by atoms with Gasteiger partial charge in [-0.2, -0.15) is 0 Å². The number of nitrogens with one attached hydrogen (secondary N) is 3. The first kappa shape index (κ1) is 25.6. The van der Waals surface area contributed by atoms with E-state index < -0.39 is 28.3 Å². The number of non-ortho nitro benzene ring substituents is 1. The molecule has 186 valence electrons. The second-order valence-corrected chi connectivity index (χ2v) is 8.00. The van der Waals surface area contributed by atoms with Crippen molar-refractivity contribution in [3.05, 3.63) is 34.4 Å². The zero-order valence-electron chi connectivity index (χ0n) is 19.0. The Labute approximate surface area is 196 Å². The Hall–Kier alpha value is -2.97. The fourth-order valence-electron chi connectivity index (χ4n) is 4.56. The van der Waals surface area contributed by atoms with E-state index >= 15 is 0 Å². The van der Waals surface area contributed by atoms with Gasteiger partial charge in [0.15, 0.2) is 0 Å². The molecular weight excluding hydrogens is 450 g/mol. The summed E-state index contributed by atoms with van der Waals surface area (Å²) in [4.78, 5) is 49.3. The number of imide groups is 2. The summed E-state index contributed by atoms with van der Waals surface area (Å²) in [6.07, 6.45) is -0.00694. The smallest absolute Gasteiger partial charge is 0.328 e. The number of rotatable bonds is 12. The SMILES string of the molecule is COCCOCCOCCC1([N+]2(c3ccc([N+](=O)[O-])cc3)CCNCC2)C(=O)NC(=O)NC1=O. The Morgan fingerprint density at radius 2 is 1.50 bits per heavy atom. The molecule has 3 N–H and O–H groups in total. The van der Waals surface area contributed by atoms with Crippen LogP contribution in [-0.2, 0) is 23.8 Å². The lowest BCUT2D eigenvalue weighted by atomic mass is 9.84. The molecule has 0 radical (unpaired) electrons. The van der Waals surface area contributed by atoms with Crippen molar-refractivity contribution in [2.24, 2.45) is 0 Å². The number of hydrogen-bond donors (Lipinski definition) is 3. The van der Waals surface area contributed by atoms with Gasteiger partial charge in [0.05, 0.1) is 51.0 Å². The molecule has 1 aromatic rings. The Kier molecular flexibility index (Phi) is 8.63. The fraction of sp³-hybridized carbons (Fsp3) is 0.571. The third-order valence-electron chi connectivity index (χ3n) is 6.24. The van der Waals surface area contributed by atoms with E-state index in [0.717, 1.165) is 0 Å². The minimum Gasteiger partial charge on any atom is -0.382 e. The van der Waals surface area contributed by atoms with Gasteiger partial charge < -0.3 is 19.5 Å². The zero-order chi connectivity index (χ0) is 24.6. The lowest BCUT2D eigenvalue weighted by molar-refractivity contribution is -0.384. The van der Waals surface area contributed by atoms with Crippen molar-refractivity contribution in [2.75, 3.05) is 66.3 Å². The van der Waals surface area contributed by atoms with Crippen molar-refractivity contribution >= 4 is 29.2 Å². The van der Waals surface area contributed by atoms with E-state index in [4.69, 9.17) is 14.2 Å². The maximum Gasteiger partial charge on any atom is 0.328 e. The predicted molar refractivity (Wildman–Crippen MR) is 120 cm³/mol. The molecule has 0 bridgehead atoms. The van der Waals surface area contributed by atoms with Crippen LogP contribution in [0.1, 0.15) is 6.42 Å². The predicted octanol–water partition coefficient (Wildman–Crippen LogP) is -0.320. The molecule has 0 saturated carbocycles. The number of barbiturate groups is 1. The number of amides is 4. The fourth-order valence-corrected chi connectivity index (χ4v) is 4.56. The average Bonchev–Trinajstić information content (AvgIpc) is 2.82. The Balaban J connectivity index is 1.90. The van der Waals surface area contributed by atoms with E-state index in [0.29, 0.717) is 51.7 Å². The van der Waals surface area contributed by atoms with Gasteiger partial charge in [-0.1, -0.05) is 0 Å². The molecule has 13 nitrogen and oxygen atoms in total. The highest BCUT2D eigenvalue weighted by molar-refractivity contribution is 6.23. The minimum absolute atomic E-state index is 0.00694. The molecule has 4 amide bonds. The normalized spacial score (nSPS) is 19.4. The number of benzene rings is 1. The van der Waals surface area contributed by atoms with Gasteiger partial charge >= 0.3 is 6.03 Å². The molecule has 2 saturated heterocycles. The second kappa shape index (κ2) is 11.4. The standard InChI is InChI=1S/C21H29N5O8/c1-32-12-13-34-15-14-33-11-6-21(18(27)23-20(29)24-19(21)28)26(9-7-22-8-10-26)17-4-2-16(3-5-17)25(30)31/h2-5,22H,6-15H2,1H3,(H-,23,24,27,28,29)/p+1. The van der Waals surface area contributed by atoms with Gasteiger partial charge in [0.1, 0.15) is 5.69 Å². The maximum atomic E-state index is 13.4. The highest BCUT2D eigenvalue weighted by atomic mass is 16.6. The van der Waals surface area contributed by atoms with Crippen molar-refractivity contribution < 1.29 is 33.5 Å².